The fraction of sp³-hybridized carbons (Fsp3) is 0.214. The molecule has 0 aliphatic heterocycles. The largest absolute Gasteiger partial charge is 0.468 e. The summed E-state index contributed by atoms with van der Waals surface area (Å²) >= 11 is 1.74. The number of aryl methyl sites for hydroxylation is 1. The van der Waals surface area contributed by atoms with Crippen LogP contribution in [0.15, 0.2) is 41.0 Å². The second-order valence-electron chi connectivity index (χ2n) is 4.26. The lowest BCUT2D eigenvalue weighted by Gasteiger charge is -2.01. The van der Waals surface area contributed by atoms with Crippen molar-refractivity contribution < 1.29 is 9.21 Å². The molecule has 0 saturated heterocycles. The Morgan fingerprint density at radius 3 is 2.95 bits per heavy atom. The summed E-state index contributed by atoms with van der Waals surface area (Å²) in [4.78, 5) is 11.3. The molecule has 3 N–H and O–H groups in total. The number of carbonyl (C=O) groups is 1. The molecule has 0 unspecified atom stereocenters. The lowest BCUT2D eigenvalue weighted by Crippen LogP contribution is -2.29. The van der Waals surface area contributed by atoms with Crippen molar-refractivity contribution in [3.05, 3.63) is 59.0 Å². The van der Waals surface area contributed by atoms with Crippen LogP contribution in [-0.2, 0) is 11.5 Å². The van der Waals surface area contributed by atoms with Gasteiger partial charge in [-0.15, -0.1) is 11.8 Å². The van der Waals surface area contributed by atoms with Gasteiger partial charge < -0.3 is 4.42 Å². The smallest absolute Gasteiger partial charge is 0.268 e. The van der Waals surface area contributed by atoms with E-state index in [0.717, 1.165) is 17.3 Å². The highest BCUT2D eigenvalue weighted by molar-refractivity contribution is 7.97. The van der Waals surface area contributed by atoms with Crippen LogP contribution in [0, 0.1) is 6.92 Å². The van der Waals surface area contributed by atoms with E-state index in [1.165, 1.54) is 17.4 Å². The number of nitrogens with one attached hydrogen (secondary N) is 1. The van der Waals surface area contributed by atoms with Crippen molar-refractivity contribution in [3.63, 3.8) is 0 Å². The molecule has 1 amide bonds. The molecule has 1 heterocycles. The van der Waals surface area contributed by atoms with Gasteiger partial charge in [-0.25, -0.2) is 5.84 Å². The van der Waals surface area contributed by atoms with Crippen molar-refractivity contribution in [2.45, 2.75) is 18.4 Å². The molecule has 4 nitrogen and oxygen atoms in total. The minimum atomic E-state index is -0.335. The molecule has 0 bridgehead atoms. The normalized spacial score (nSPS) is 10.4. The van der Waals surface area contributed by atoms with E-state index in [4.69, 9.17) is 10.3 Å². The van der Waals surface area contributed by atoms with E-state index in [-0.39, 0.29) is 5.91 Å². The molecule has 100 valence electrons. The van der Waals surface area contributed by atoms with Gasteiger partial charge in [-0.05, 0) is 18.6 Å². The van der Waals surface area contributed by atoms with Crippen LogP contribution >= 0.6 is 11.8 Å². The summed E-state index contributed by atoms with van der Waals surface area (Å²) in [5.41, 5.74) is 5.08. The summed E-state index contributed by atoms with van der Waals surface area (Å²) < 4.78 is 5.31. The zero-order valence-electron chi connectivity index (χ0n) is 10.7. The number of nitrogens with two attached hydrogens (primary N) is 1. The average molecular weight is 276 g/mol. The first-order chi connectivity index (χ1) is 9.19. The molecule has 2 rings (SSSR count). The number of rotatable bonds is 5. The molecular formula is C14H16N2O2S. The maximum absolute atomic E-state index is 11.3. The van der Waals surface area contributed by atoms with Crippen LogP contribution in [0.25, 0.3) is 0 Å². The second-order valence-corrected chi connectivity index (χ2v) is 5.24. The minimum absolute atomic E-state index is 0.335. The summed E-state index contributed by atoms with van der Waals surface area (Å²) in [6.45, 7) is 2.08. The number of nitrogen functional groups attached to an aromatic ring is 1. The molecular weight excluding hydrogens is 260 g/mol. The maximum Gasteiger partial charge on any atom is 0.268 e. The SMILES string of the molecule is Cc1cccc(CSCc2cc(C(=O)NN)co2)c1. The van der Waals surface area contributed by atoms with Gasteiger partial charge in [0.2, 0.25) is 0 Å². The van der Waals surface area contributed by atoms with Crippen LogP contribution in [0.5, 0.6) is 0 Å². The summed E-state index contributed by atoms with van der Waals surface area (Å²) in [7, 11) is 0. The monoisotopic (exact) mass is 276 g/mol. The zero-order chi connectivity index (χ0) is 13.7. The maximum atomic E-state index is 11.3. The standard InChI is InChI=1S/C14H16N2O2S/c1-10-3-2-4-11(5-10)8-19-9-13-6-12(7-18-13)14(17)16-15/h2-7H,8-9,15H2,1H3,(H,16,17). The van der Waals surface area contributed by atoms with Crippen LogP contribution in [0.3, 0.4) is 0 Å². The van der Waals surface area contributed by atoms with Crippen LogP contribution in [0.4, 0.5) is 0 Å². The van der Waals surface area contributed by atoms with E-state index < -0.39 is 0 Å². The van der Waals surface area contributed by atoms with Crippen LogP contribution in [-0.4, -0.2) is 5.91 Å². The highest BCUT2D eigenvalue weighted by Gasteiger charge is 2.08. The van der Waals surface area contributed by atoms with Gasteiger partial charge >= 0.3 is 0 Å². The van der Waals surface area contributed by atoms with Crippen molar-refractivity contribution in [1.82, 2.24) is 5.43 Å². The Morgan fingerprint density at radius 2 is 2.21 bits per heavy atom. The first kappa shape index (κ1) is 13.7. The van der Waals surface area contributed by atoms with Gasteiger partial charge in [-0.2, -0.15) is 0 Å². The number of thioether (sulfide) groups is 1. The highest BCUT2D eigenvalue weighted by Crippen LogP contribution is 2.20. The number of hydrogen-bond donors (Lipinski definition) is 2. The van der Waals surface area contributed by atoms with Gasteiger partial charge in [0.25, 0.3) is 5.91 Å². The molecule has 0 aliphatic carbocycles. The molecule has 1 aromatic carbocycles. The van der Waals surface area contributed by atoms with E-state index in [0.29, 0.717) is 5.56 Å². The topological polar surface area (TPSA) is 68.3 Å². The Hall–Kier alpha value is -1.72. The van der Waals surface area contributed by atoms with Gasteiger partial charge in [-0.1, -0.05) is 29.8 Å². The first-order valence-electron chi connectivity index (χ1n) is 5.90. The Morgan fingerprint density at radius 1 is 1.37 bits per heavy atom. The van der Waals surface area contributed by atoms with Gasteiger partial charge in [0.05, 0.1) is 11.3 Å². The number of furan rings is 1. The molecule has 19 heavy (non-hydrogen) atoms. The molecule has 0 saturated carbocycles. The summed E-state index contributed by atoms with van der Waals surface area (Å²) in [5, 5.41) is 0. The Bertz CT molecular complexity index is 566. The third kappa shape index (κ3) is 3.87. The summed E-state index contributed by atoms with van der Waals surface area (Å²) in [5.74, 6) is 7.14. The van der Waals surface area contributed by atoms with Gasteiger partial charge in [0.1, 0.15) is 12.0 Å². The van der Waals surface area contributed by atoms with Crippen LogP contribution in [0.2, 0.25) is 0 Å². The van der Waals surface area contributed by atoms with E-state index >= 15 is 0 Å². The number of benzene rings is 1. The van der Waals surface area contributed by atoms with Crippen LogP contribution < -0.4 is 11.3 Å². The number of carbonyl (C=O) groups excluding carboxylic acids is 1. The van der Waals surface area contributed by atoms with Crippen molar-refractivity contribution >= 4 is 17.7 Å². The first-order valence-corrected chi connectivity index (χ1v) is 7.06. The Balaban J connectivity index is 1.86. The lowest BCUT2D eigenvalue weighted by molar-refractivity contribution is 0.0953. The summed E-state index contributed by atoms with van der Waals surface area (Å²) in [6, 6.07) is 10.1. The lowest BCUT2D eigenvalue weighted by atomic mass is 10.2. The third-order valence-corrected chi connectivity index (χ3v) is 3.67. The Kier molecular flexibility index (Phi) is 4.65. The molecule has 0 spiro atoms. The molecule has 1 aromatic heterocycles. The summed E-state index contributed by atoms with van der Waals surface area (Å²) in [6.07, 6.45) is 1.42. The van der Waals surface area contributed by atoms with E-state index in [9.17, 15) is 4.79 Å². The van der Waals surface area contributed by atoms with Crippen molar-refractivity contribution in [2.24, 2.45) is 5.84 Å². The van der Waals surface area contributed by atoms with Crippen molar-refractivity contribution in [3.8, 4) is 0 Å². The number of amides is 1. The Labute approximate surface area is 116 Å². The molecule has 0 fully saturated rings. The second kappa shape index (κ2) is 6.45. The predicted octanol–water partition coefficient (Wildman–Crippen LogP) is 2.62. The zero-order valence-corrected chi connectivity index (χ0v) is 11.5. The minimum Gasteiger partial charge on any atom is -0.468 e. The molecule has 0 aliphatic rings. The number of hydrazine groups is 1. The quantitative estimate of drug-likeness (QED) is 0.500. The molecule has 5 heteroatoms. The van der Waals surface area contributed by atoms with Gasteiger partial charge in [0.15, 0.2) is 0 Å². The highest BCUT2D eigenvalue weighted by atomic mass is 32.2. The predicted molar refractivity (Wildman–Crippen MR) is 76.5 cm³/mol. The van der Waals surface area contributed by atoms with Crippen molar-refractivity contribution in [2.75, 3.05) is 0 Å². The van der Waals surface area contributed by atoms with Crippen molar-refractivity contribution in [1.29, 1.82) is 0 Å². The fourth-order valence-corrected chi connectivity index (χ4v) is 2.60. The molecule has 2 aromatic rings. The van der Waals surface area contributed by atoms with E-state index in [1.54, 1.807) is 17.8 Å². The third-order valence-electron chi connectivity index (χ3n) is 2.64. The molecule has 0 radical (unpaired) electrons. The van der Waals surface area contributed by atoms with Crippen LogP contribution in [0.1, 0.15) is 27.2 Å². The van der Waals surface area contributed by atoms with Gasteiger partial charge in [0, 0.05) is 5.75 Å². The number of hydrogen-bond acceptors (Lipinski definition) is 4. The van der Waals surface area contributed by atoms with E-state index in [2.05, 4.69) is 36.6 Å². The molecule has 0 atom stereocenters. The van der Waals surface area contributed by atoms with E-state index in [1.807, 2.05) is 0 Å². The van der Waals surface area contributed by atoms with Gasteiger partial charge in [-0.3, -0.25) is 10.2 Å². The fourth-order valence-electron chi connectivity index (χ4n) is 1.73. The average Bonchev–Trinajstić information content (AvgIpc) is 2.87.